The van der Waals surface area contributed by atoms with Crippen molar-refractivity contribution in [2.45, 2.75) is 11.4 Å². The molecule has 3 aromatic rings. The van der Waals surface area contributed by atoms with E-state index in [9.17, 15) is 12.8 Å². The molecule has 0 saturated heterocycles. The average molecular weight is 447 g/mol. The van der Waals surface area contributed by atoms with Crippen LogP contribution in [0.5, 0.6) is 0 Å². The normalized spacial score (nSPS) is 11.6. The second-order valence-corrected chi connectivity index (χ2v) is 8.01. The minimum Gasteiger partial charge on any atom is -0.338 e. The van der Waals surface area contributed by atoms with Crippen LogP contribution >= 0.6 is 27.5 Å². The number of benzene rings is 2. The predicted molar refractivity (Wildman–Crippen MR) is 92.9 cm³/mol. The van der Waals surface area contributed by atoms with E-state index in [-0.39, 0.29) is 12.4 Å². The SMILES string of the molecule is O=S(=O)(NCc1nc(-c2ccc(Cl)cc2)no1)c1cc(Br)ccc1F. The summed E-state index contributed by atoms with van der Waals surface area (Å²) in [6, 6.07) is 10.4. The first-order chi connectivity index (χ1) is 11.8. The van der Waals surface area contributed by atoms with Gasteiger partial charge in [-0.15, -0.1) is 0 Å². The first-order valence-corrected chi connectivity index (χ1v) is 9.54. The van der Waals surface area contributed by atoms with Crippen LogP contribution in [-0.2, 0) is 16.6 Å². The van der Waals surface area contributed by atoms with Gasteiger partial charge in [0.2, 0.25) is 21.7 Å². The molecule has 10 heteroatoms. The number of hydrogen-bond donors (Lipinski definition) is 1. The molecule has 3 rings (SSSR count). The molecule has 0 amide bonds. The summed E-state index contributed by atoms with van der Waals surface area (Å²) in [5.41, 5.74) is 0.667. The van der Waals surface area contributed by atoms with Gasteiger partial charge < -0.3 is 4.52 Å². The number of hydrogen-bond acceptors (Lipinski definition) is 5. The maximum absolute atomic E-state index is 13.7. The quantitative estimate of drug-likeness (QED) is 0.645. The predicted octanol–water partition coefficient (Wildman–Crippen LogP) is 3.77. The third-order valence-electron chi connectivity index (χ3n) is 3.17. The zero-order valence-corrected chi connectivity index (χ0v) is 15.6. The van der Waals surface area contributed by atoms with Crippen LogP contribution in [0.15, 0.2) is 56.4 Å². The van der Waals surface area contributed by atoms with Crippen molar-refractivity contribution in [3.8, 4) is 11.4 Å². The summed E-state index contributed by atoms with van der Waals surface area (Å²) in [4.78, 5) is 3.62. The van der Waals surface area contributed by atoms with Crippen molar-refractivity contribution in [1.29, 1.82) is 0 Å². The topological polar surface area (TPSA) is 85.1 Å². The van der Waals surface area contributed by atoms with Gasteiger partial charge in [0.1, 0.15) is 10.7 Å². The first-order valence-electron chi connectivity index (χ1n) is 6.88. The molecule has 6 nitrogen and oxygen atoms in total. The van der Waals surface area contributed by atoms with Gasteiger partial charge >= 0.3 is 0 Å². The molecule has 2 aromatic carbocycles. The Labute approximate surface area is 156 Å². The molecular formula is C15H10BrClFN3O3S. The molecule has 0 unspecified atom stereocenters. The molecule has 0 saturated carbocycles. The molecule has 0 fully saturated rings. The van der Waals surface area contributed by atoms with E-state index in [1.807, 2.05) is 0 Å². The molecule has 0 aliphatic heterocycles. The number of nitrogens with one attached hydrogen (secondary N) is 1. The highest BCUT2D eigenvalue weighted by atomic mass is 79.9. The number of nitrogens with zero attached hydrogens (tertiary/aromatic N) is 2. The third-order valence-corrected chi connectivity index (χ3v) is 5.33. The lowest BCUT2D eigenvalue weighted by atomic mass is 10.2. The van der Waals surface area contributed by atoms with Gasteiger partial charge in [0.05, 0.1) is 6.54 Å². The number of sulfonamides is 1. The fraction of sp³-hybridized carbons (Fsp3) is 0.0667. The number of halogens is 3. The van der Waals surface area contributed by atoms with Crippen molar-refractivity contribution in [3.05, 3.63) is 63.7 Å². The van der Waals surface area contributed by atoms with E-state index in [0.29, 0.717) is 20.9 Å². The fourth-order valence-corrected chi connectivity index (χ4v) is 3.67. The van der Waals surface area contributed by atoms with E-state index in [0.717, 1.165) is 6.07 Å². The Hall–Kier alpha value is -1.81. The van der Waals surface area contributed by atoms with Crippen LogP contribution in [0.1, 0.15) is 5.89 Å². The summed E-state index contributed by atoms with van der Waals surface area (Å²) < 4.78 is 45.9. The van der Waals surface area contributed by atoms with E-state index in [1.165, 1.54) is 12.1 Å². The second-order valence-electron chi connectivity index (χ2n) is 4.92. The average Bonchev–Trinajstić information content (AvgIpc) is 3.05. The molecule has 1 aromatic heterocycles. The Morgan fingerprint density at radius 2 is 1.92 bits per heavy atom. The minimum atomic E-state index is -4.07. The highest BCUT2D eigenvalue weighted by molar-refractivity contribution is 9.10. The Kier molecular flexibility index (Phi) is 5.19. The van der Waals surface area contributed by atoms with Crippen LogP contribution < -0.4 is 4.72 Å². The summed E-state index contributed by atoms with van der Waals surface area (Å²) in [6.45, 7) is -0.269. The van der Waals surface area contributed by atoms with Crippen molar-refractivity contribution >= 4 is 37.6 Å². The van der Waals surface area contributed by atoms with Gasteiger partial charge in [-0.25, -0.2) is 17.5 Å². The summed E-state index contributed by atoms with van der Waals surface area (Å²) in [5, 5.41) is 4.34. The highest BCUT2D eigenvalue weighted by Crippen LogP contribution is 2.21. The van der Waals surface area contributed by atoms with Gasteiger partial charge in [-0.1, -0.05) is 32.7 Å². The lowest BCUT2D eigenvalue weighted by Crippen LogP contribution is -2.24. The standard InChI is InChI=1S/C15H10BrClFN3O3S/c16-10-3-6-12(18)13(7-10)25(22,23)19-8-14-20-15(21-24-14)9-1-4-11(17)5-2-9/h1-7,19H,8H2. The Bertz CT molecular complexity index is 1010. The van der Waals surface area contributed by atoms with Gasteiger partial charge in [0, 0.05) is 15.1 Å². The van der Waals surface area contributed by atoms with Crippen LogP contribution in [0, 0.1) is 5.82 Å². The molecule has 0 aliphatic rings. The van der Waals surface area contributed by atoms with E-state index in [4.69, 9.17) is 16.1 Å². The van der Waals surface area contributed by atoms with Crippen molar-refractivity contribution in [2.75, 3.05) is 0 Å². The lowest BCUT2D eigenvalue weighted by molar-refractivity contribution is 0.375. The largest absolute Gasteiger partial charge is 0.338 e. The summed E-state index contributed by atoms with van der Waals surface area (Å²) in [6.07, 6.45) is 0. The van der Waals surface area contributed by atoms with E-state index in [2.05, 4.69) is 30.8 Å². The second kappa shape index (κ2) is 7.20. The van der Waals surface area contributed by atoms with Crippen molar-refractivity contribution in [3.63, 3.8) is 0 Å². The number of aromatic nitrogens is 2. The Morgan fingerprint density at radius 1 is 1.20 bits per heavy atom. The zero-order chi connectivity index (χ0) is 18.0. The maximum atomic E-state index is 13.7. The van der Waals surface area contributed by atoms with E-state index in [1.54, 1.807) is 24.3 Å². The van der Waals surface area contributed by atoms with E-state index >= 15 is 0 Å². The fourth-order valence-electron chi connectivity index (χ4n) is 1.96. The van der Waals surface area contributed by atoms with Gasteiger partial charge in [-0.3, -0.25) is 0 Å². The number of rotatable bonds is 5. The molecule has 0 aliphatic carbocycles. The minimum absolute atomic E-state index is 0.0453. The monoisotopic (exact) mass is 445 g/mol. The third kappa shape index (κ3) is 4.24. The van der Waals surface area contributed by atoms with E-state index < -0.39 is 20.7 Å². The van der Waals surface area contributed by atoms with Crippen LogP contribution in [0.3, 0.4) is 0 Å². The van der Waals surface area contributed by atoms with Crippen LogP contribution in [0.2, 0.25) is 5.02 Å². The van der Waals surface area contributed by atoms with Gasteiger partial charge in [0.25, 0.3) is 0 Å². The summed E-state index contributed by atoms with van der Waals surface area (Å²) in [5.74, 6) is -0.522. The van der Waals surface area contributed by atoms with Gasteiger partial charge in [0.15, 0.2) is 0 Å². The van der Waals surface area contributed by atoms with Crippen molar-refractivity contribution in [2.24, 2.45) is 0 Å². The van der Waals surface area contributed by atoms with Crippen molar-refractivity contribution in [1.82, 2.24) is 14.9 Å². The molecule has 1 heterocycles. The molecule has 0 bridgehead atoms. The molecule has 0 spiro atoms. The lowest BCUT2D eigenvalue weighted by Gasteiger charge is -2.06. The van der Waals surface area contributed by atoms with Crippen LogP contribution in [-0.4, -0.2) is 18.6 Å². The molecule has 0 atom stereocenters. The zero-order valence-electron chi connectivity index (χ0n) is 12.4. The Morgan fingerprint density at radius 3 is 2.64 bits per heavy atom. The van der Waals surface area contributed by atoms with Gasteiger partial charge in [-0.2, -0.15) is 4.98 Å². The summed E-state index contributed by atoms with van der Waals surface area (Å²) >= 11 is 8.92. The van der Waals surface area contributed by atoms with Crippen molar-refractivity contribution < 1.29 is 17.3 Å². The smallest absolute Gasteiger partial charge is 0.243 e. The Balaban J connectivity index is 1.75. The molecule has 0 radical (unpaired) electrons. The maximum Gasteiger partial charge on any atom is 0.243 e. The molecule has 1 N–H and O–H groups in total. The first kappa shape index (κ1) is 18.0. The highest BCUT2D eigenvalue weighted by Gasteiger charge is 2.20. The summed E-state index contributed by atoms with van der Waals surface area (Å²) in [7, 11) is -4.07. The molecular weight excluding hydrogens is 437 g/mol. The van der Waals surface area contributed by atoms with Crippen LogP contribution in [0.25, 0.3) is 11.4 Å². The molecule has 130 valence electrons. The molecule has 25 heavy (non-hydrogen) atoms. The van der Waals surface area contributed by atoms with Gasteiger partial charge in [-0.05, 0) is 42.5 Å². The van der Waals surface area contributed by atoms with Crippen LogP contribution in [0.4, 0.5) is 4.39 Å².